The Morgan fingerprint density at radius 3 is 2.61 bits per heavy atom. The molecule has 1 atom stereocenters. The van der Waals surface area contributed by atoms with Crippen molar-refractivity contribution in [2.45, 2.75) is 26.3 Å². The van der Waals surface area contributed by atoms with Gasteiger partial charge in [0.25, 0.3) is 0 Å². The number of nitrogens with one attached hydrogen (secondary N) is 3. The average Bonchev–Trinajstić information content (AvgIpc) is 2.87. The van der Waals surface area contributed by atoms with Crippen LogP contribution in [0.1, 0.15) is 20.3 Å². The van der Waals surface area contributed by atoms with E-state index < -0.39 is 45.7 Å². The van der Waals surface area contributed by atoms with Crippen LogP contribution in [0.15, 0.2) is 36.5 Å². The van der Waals surface area contributed by atoms with Crippen molar-refractivity contribution in [1.82, 2.24) is 10.3 Å². The van der Waals surface area contributed by atoms with Gasteiger partial charge < -0.3 is 20.1 Å². The molecule has 1 aromatic heterocycles. The first-order chi connectivity index (χ1) is 18.1. The van der Waals surface area contributed by atoms with Crippen molar-refractivity contribution in [3.8, 4) is 16.9 Å². The molecule has 0 saturated heterocycles. The number of methoxy groups -OCH3 is 1. The van der Waals surface area contributed by atoms with Crippen molar-refractivity contribution in [2.24, 2.45) is 0 Å². The van der Waals surface area contributed by atoms with Crippen LogP contribution in [0.5, 0.6) is 5.75 Å². The number of ether oxygens (including phenoxy) is 2. The summed E-state index contributed by atoms with van der Waals surface area (Å²) in [7, 11) is -2.58. The molecule has 1 amide bonds. The summed E-state index contributed by atoms with van der Waals surface area (Å²) < 4.78 is 79.9. The van der Waals surface area contributed by atoms with E-state index in [1.165, 1.54) is 25.4 Å². The summed E-state index contributed by atoms with van der Waals surface area (Å²) in [5, 5.41) is 6.75. The quantitative estimate of drug-likeness (QED) is 0.293. The lowest BCUT2D eigenvalue weighted by atomic mass is 9.99. The highest BCUT2D eigenvalue weighted by molar-refractivity contribution is 7.92. The molecule has 1 heterocycles. The lowest BCUT2D eigenvalue weighted by Gasteiger charge is -2.17. The van der Waals surface area contributed by atoms with Gasteiger partial charge in [0.1, 0.15) is 30.7 Å². The zero-order chi connectivity index (χ0) is 27.9. The van der Waals surface area contributed by atoms with Crippen molar-refractivity contribution >= 4 is 38.4 Å². The summed E-state index contributed by atoms with van der Waals surface area (Å²) in [6.07, 6.45) is 1.21. The van der Waals surface area contributed by atoms with Gasteiger partial charge in [-0.05, 0) is 49.1 Å². The third kappa shape index (κ3) is 7.18. The molecule has 3 N–H and O–H groups in total. The van der Waals surface area contributed by atoms with E-state index in [9.17, 15) is 22.0 Å². The van der Waals surface area contributed by atoms with E-state index in [0.29, 0.717) is 29.6 Å². The first-order valence-corrected chi connectivity index (χ1v) is 13.4. The fourth-order valence-corrected chi connectivity index (χ4v) is 4.80. The first kappa shape index (κ1) is 28.8. The fraction of sp³-hybridized carbons (Fsp3) is 0.360. The number of amides is 1. The molecule has 3 rings (SSSR count). The summed E-state index contributed by atoms with van der Waals surface area (Å²) in [4.78, 5) is 15.6. The number of alkyl halides is 1. The van der Waals surface area contributed by atoms with Crippen LogP contribution in [0.3, 0.4) is 0 Å². The van der Waals surface area contributed by atoms with Crippen molar-refractivity contribution in [3.05, 3.63) is 48.2 Å². The minimum atomic E-state index is -3.84. The molecule has 0 aliphatic carbocycles. The molecule has 0 spiro atoms. The molecule has 0 unspecified atom stereocenters. The molecular weight excluding hydrogens is 525 g/mol. The molecule has 3 aromatic rings. The van der Waals surface area contributed by atoms with Gasteiger partial charge in [-0.3, -0.25) is 4.72 Å². The minimum absolute atomic E-state index is 0.000564. The van der Waals surface area contributed by atoms with Gasteiger partial charge in [-0.25, -0.2) is 31.4 Å². The largest absolute Gasteiger partial charge is 0.490 e. The SMILES string of the molecule is CCCS(=O)(=O)Nc1ccc(F)c(-c2cc3cnc(NC[C@H](C)NC(=O)OC)cc3cc2OCCF)c1F. The molecule has 38 heavy (non-hydrogen) atoms. The summed E-state index contributed by atoms with van der Waals surface area (Å²) >= 11 is 0. The monoisotopic (exact) mass is 554 g/mol. The van der Waals surface area contributed by atoms with Crippen LogP contribution in [0.25, 0.3) is 21.9 Å². The Kier molecular flexibility index (Phi) is 9.61. The Labute approximate surface area is 218 Å². The first-order valence-electron chi connectivity index (χ1n) is 11.8. The third-order valence-electron chi connectivity index (χ3n) is 5.39. The molecule has 13 heteroatoms. The number of carbonyl (C=O) groups excluding carboxylic acids is 1. The smallest absolute Gasteiger partial charge is 0.407 e. The van der Waals surface area contributed by atoms with E-state index in [1.54, 1.807) is 19.9 Å². The maximum atomic E-state index is 15.5. The predicted molar refractivity (Wildman–Crippen MR) is 140 cm³/mol. The van der Waals surface area contributed by atoms with Crippen LogP contribution < -0.4 is 20.1 Å². The Balaban J connectivity index is 2.01. The number of aromatic nitrogens is 1. The number of pyridine rings is 1. The Morgan fingerprint density at radius 2 is 1.92 bits per heavy atom. The molecule has 0 fully saturated rings. The lowest BCUT2D eigenvalue weighted by Crippen LogP contribution is -2.37. The second-order valence-electron chi connectivity index (χ2n) is 8.43. The summed E-state index contributed by atoms with van der Waals surface area (Å²) in [5.41, 5.74) is -0.975. The van der Waals surface area contributed by atoms with E-state index in [1.807, 2.05) is 0 Å². The van der Waals surface area contributed by atoms with Gasteiger partial charge in [0.05, 0.1) is 24.1 Å². The van der Waals surface area contributed by atoms with Gasteiger partial charge in [-0.15, -0.1) is 0 Å². The van der Waals surface area contributed by atoms with E-state index in [2.05, 4.69) is 25.1 Å². The van der Waals surface area contributed by atoms with Crippen molar-refractivity contribution in [2.75, 3.05) is 42.7 Å². The van der Waals surface area contributed by atoms with Gasteiger partial charge in [-0.1, -0.05) is 6.92 Å². The lowest BCUT2D eigenvalue weighted by molar-refractivity contribution is 0.168. The Morgan fingerprint density at radius 1 is 1.16 bits per heavy atom. The van der Waals surface area contributed by atoms with Crippen LogP contribution in [-0.4, -0.2) is 58.2 Å². The van der Waals surface area contributed by atoms with E-state index >= 15 is 4.39 Å². The van der Waals surface area contributed by atoms with E-state index in [4.69, 9.17) is 4.74 Å². The van der Waals surface area contributed by atoms with Crippen LogP contribution in [0.4, 0.5) is 29.5 Å². The number of halogens is 3. The van der Waals surface area contributed by atoms with Gasteiger partial charge in [-0.2, -0.15) is 0 Å². The van der Waals surface area contributed by atoms with Crippen LogP contribution in [0.2, 0.25) is 0 Å². The second kappa shape index (κ2) is 12.7. The van der Waals surface area contributed by atoms with Gasteiger partial charge in [0.15, 0.2) is 5.82 Å². The average molecular weight is 555 g/mol. The highest BCUT2D eigenvalue weighted by Crippen LogP contribution is 2.39. The molecule has 0 aliphatic rings. The molecule has 0 saturated carbocycles. The molecule has 0 bridgehead atoms. The van der Waals surface area contributed by atoms with Crippen LogP contribution >= 0.6 is 0 Å². The highest BCUT2D eigenvalue weighted by Gasteiger charge is 2.22. The summed E-state index contributed by atoms with van der Waals surface area (Å²) in [6, 6.07) is 6.26. The third-order valence-corrected chi connectivity index (χ3v) is 6.87. The Hall–Kier alpha value is -3.74. The van der Waals surface area contributed by atoms with Gasteiger partial charge in [0, 0.05) is 29.7 Å². The number of hydrogen-bond acceptors (Lipinski definition) is 7. The molecule has 2 aromatic carbocycles. The van der Waals surface area contributed by atoms with Crippen LogP contribution in [-0.2, 0) is 14.8 Å². The van der Waals surface area contributed by atoms with E-state index in [0.717, 1.165) is 12.1 Å². The van der Waals surface area contributed by atoms with E-state index in [-0.39, 0.29) is 29.7 Å². The van der Waals surface area contributed by atoms with Crippen molar-refractivity contribution in [3.63, 3.8) is 0 Å². The number of carbonyl (C=O) groups is 1. The number of alkyl carbamates (subject to hydrolysis) is 1. The molecule has 0 aliphatic heterocycles. The highest BCUT2D eigenvalue weighted by atomic mass is 32.2. The summed E-state index contributed by atoms with van der Waals surface area (Å²) in [5.74, 6) is -1.87. The number of hydrogen-bond donors (Lipinski definition) is 3. The van der Waals surface area contributed by atoms with Crippen molar-refractivity contribution < 1.29 is 35.9 Å². The predicted octanol–water partition coefficient (Wildman–Crippen LogP) is 4.84. The maximum absolute atomic E-state index is 15.5. The van der Waals surface area contributed by atoms with Crippen LogP contribution in [0, 0.1) is 11.6 Å². The molecule has 9 nitrogen and oxygen atoms in total. The number of anilines is 2. The second-order valence-corrected chi connectivity index (χ2v) is 10.3. The number of sulfonamides is 1. The zero-order valence-corrected chi connectivity index (χ0v) is 21.9. The standard InChI is InChI=1S/C25H29F3N4O5S/c1-4-9-38(34,35)32-20-6-5-19(27)23(24(20)28)18-10-17-14-30-22(29-13-15(2)31-25(33)36-3)12-16(17)11-21(18)37-8-7-26/h5-6,10-12,14-15,32H,4,7-9,13H2,1-3H3,(H,29,30)(H,31,33)/t15-/m0/s1. The maximum Gasteiger partial charge on any atom is 0.407 e. The zero-order valence-electron chi connectivity index (χ0n) is 21.1. The fourth-order valence-electron chi connectivity index (χ4n) is 3.67. The molecular formula is C25H29F3N4O5S. The minimum Gasteiger partial charge on any atom is -0.490 e. The van der Waals surface area contributed by atoms with Crippen molar-refractivity contribution in [1.29, 1.82) is 0 Å². The topological polar surface area (TPSA) is 119 Å². The normalized spacial score (nSPS) is 12.2. The number of rotatable bonds is 12. The number of nitrogens with zero attached hydrogens (tertiary/aromatic N) is 1. The van der Waals surface area contributed by atoms with Gasteiger partial charge in [0.2, 0.25) is 10.0 Å². The Bertz CT molecular complexity index is 1410. The molecule has 0 radical (unpaired) electrons. The molecule has 206 valence electrons. The van der Waals surface area contributed by atoms with Gasteiger partial charge >= 0.3 is 6.09 Å². The number of benzene rings is 2. The number of fused-ring (bicyclic) bond motifs is 1. The summed E-state index contributed by atoms with van der Waals surface area (Å²) in [6.45, 7) is 2.54.